The maximum absolute atomic E-state index is 5.42. The predicted molar refractivity (Wildman–Crippen MR) is 97.1 cm³/mol. The fourth-order valence-electron chi connectivity index (χ4n) is 3.02. The van der Waals surface area contributed by atoms with Gasteiger partial charge >= 0.3 is 0 Å². The largest absolute Gasteiger partial charge is 0.493 e. The summed E-state index contributed by atoms with van der Waals surface area (Å²) in [4.78, 5) is 4.54. The van der Waals surface area contributed by atoms with Gasteiger partial charge in [0, 0.05) is 34.8 Å². The molecule has 0 atom stereocenters. The molecule has 1 aliphatic carbocycles. The SMILES string of the molecule is COc1cc2nncc(-c3ccc(NC4CCC4)nc3)c2cc1OC. The van der Waals surface area contributed by atoms with E-state index in [2.05, 4.69) is 26.6 Å². The highest BCUT2D eigenvalue weighted by molar-refractivity contribution is 5.95. The van der Waals surface area contributed by atoms with Crippen molar-refractivity contribution in [2.24, 2.45) is 0 Å². The van der Waals surface area contributed by atoms with Crippen molar-refractivity contribution in [2.45, 2.75) is 25.3 Å². The molecule has 25 heavy (non-hydrogen) atoms. The molecule has 2 heterocycles. The van der Waals surface area contributed by atoms with Crippen molar-refractivity contribution >= 4 is 16.7 Å². The highest BCUT2D eigenvalue weighted by atomic mass is 16.5. The first-order chi connectivity index (χ1) is 12.3. The minimum atomic E-state index is 0.568. The molecule has 1 fully saturated rings. The Morgan fingerprint density at radius 3 is 2.48 bits per heavy atom. The summed E-state index contributed by atoms with van der Waals surface area (Å²) in [6.07, 6.45) is 7.38. The molecule has 6 nitrogen and oxygen atoms in total. The van der Waals surface area contributed by atoms with Gasteiger partial charge in [0.2, 0.25) is 0 Å². The summed E-state index contributed by atoms with van der Waals surface area (Å²) in [7, 11) is 3.24. The van der Waals surface area contributed by atoms with Crippen LogP contribution in [0, 0.1) is 0 Å². The van der Waals surface area contributed by atoms with E-state index in [-0.39, 0.29) is 0 Å². The first kappa shape index (κ1) is 15.6. The quantitative estimate of drug-likeness (QED) is 0.766. The Morgan fingerprint density at radius 2 is 1.84 bits per heavy atom. The second kappa shape index (κ2) is 6.55. The van der Waals surface area contributed by atoms with Crippen LogP contribution in [-0.4, -0.2) is 35.4 Å². The molecule has 128 valence electrons. The molecule has 1 saturated carbocycles. The third-order valence-corrected chi connectivity index (χ3v) is 4.68. The number of ether oxygens (including phenoxy) is 2. The van der Waals surface area contributed by atoms with E-state index in [0.717, 1.165) is 27.8 Å². The molecule has 0 spiro atoms. The van der Waals surface area contributed by atoms with Crippen LogP contribution in [-0.2, 0) is 0 Å². The summed E-state index contributed by atoms with van der Waals surface area (Å²) in [5.41, 5.74) is 2.71. The van der Waals surface area contributed by atoms with Gasteiger partial charge in [0.1, 0.15) is 5.82 Å². The van der Waals surface area contributed by atoms with Crippen molar-refractivity contribution in [2.75, 3.05) is 19.5 Å². The van der Waals surface area contributed by atoms with Crippen LogP contribution in [0.5, 0.6) is 11.5 Å². The van der Waals surface area contributed by atoms with Crippen molar-refractivity contribution in [3.05, 3.63) is 36.7 Å². The summed E-state index contributed by atoms with van der Waals surface area (Å²) in [5, 5.41) is 12.7. The number of hydrogen-bond donors (Lipinski definition) is 1. The van der Waals surface area contributed by atoms with Crippen molar-refractivity contribution in [3.8, 4) is 22.6 Å². The van der Waals surface area contributed by atoms with Crippen LogP contribution in [0.2, 0.25) is 0 Å². The Morgan fingerprint density at radius 1 is 1.04 bits per heavy atom. The smallest absolute Gasteiger partial charge is 0.162 e. The van der Waals surface area contributed by atoms with E-state index in [9.17, 15) is 0 Å². The molecule has 0 radical (unpaired) electrons. The summed E-state index contributed by atoms with van der Waals surface area (Å²) < 4.78 is 10.8. The topological polar surface area (TPSA) is 69.2 Å². The molecule has 0 amide bonds. The molecule has 3 aromatic rings. The zero-order valence-electron chi connectivity index (χ0n) is 14.3. The molecule has 0 aliphatic heterocycles. The van der Waals surface area contributed by atoms with E-state index in [1.807, 2.05) is 24.4 Å². The van der Waals surface area contributed by atoms with Gasteiger partial charge in [-0.25, -0.2) is 4.98 Å². The maximum atomic E-state index is 5.42. The molecule has 2 aromatic heterocycles. The maximum Gasteiger partial charge on any atom is 0.162 e. The normalized spacial score (nSPS) is 14.2. The lowest BCUT2D eigenvalue weighted by atomic mass is 9.93. The van der Waals surface area contributed by atoms with Gasteiger partial charge in [0.25, 0.3) is 0 Å². The van der Waals surface area contributed by atoms with Crippen LogP contribution < -0.4 is 14.8 Å². The Hall–Kier alpha value is -2.89. The fourth-order valence-corrected chi connectivity index (χ4v) is 3.02. The number of methoxy groups -OCH3 is 2. The van der Waals surface area contributed by atoms with Crippen LogP contribution in [0.3, 0.4) is 0 Å². The number of aromatic nitrogens is 3. The van der Waals surface area contributed by atoms with Gasteiger partial charge in [0.05, 0.1) is 25.9 Å². The van der Waals surface area contributed by atoms with Gasteiger partial charge in [0.15, 0.2) is 11.5 Å². The van der Waals surface area contributed by atoms with Crippen LogP contribution in [0.15, 0.2) is 36.7 Å². The molecule has 1 aliphatic rings. The third kappa shape index (κ3) is 2.95. The fraction of sp³-hybridized carbons (Fsp3) is 0.316. The van der Waals surface area contributed by atoms with Crippen molar-refractivity contribution in [3.63, 3.8) is 0 Å². The Kier molecular flexibility index (Phi) is 4.09. The Labute approximate surface area is 146 Å². The number of pyridine rings is 1. The molecular formula is C19H20N4O2. The standard InChI is InChI=1S/C19H20N4O2/c1-24-17-8-14-15(11-21-23-16(14)9-18(17)25-2)12-6-7-19(20-10-12)22-13-4-3-5-13/h6-11,13H,3-5H2,1-2H3,(H,20,22). The van der Waals surface area contributed by atoms with Gasteiger partial charge in [-0.15, -0.1) is 0 Å². The lowest BCUT2D eigenvalue weighted by molar-refractivity contribution is 0.356. The number of rotatable bonds is 5. The minimum Gasteiger partial charge on any atom is -0.493 e. The highest BCUT2D eigenvalue weighted by Gasteiger charge is 2.17. The van der Waals surface area contributed by atoms with E-state index in [1.165, 1.54) is 19.3 Å². The highest BCUT2D eigenvalue weighted by Crippen LogP contribution is 2.35. The van der Waals surface area contributed by atoms with Gasteiger partial charge in [-0.1, -0.05) is 0 Å². The zero-order chi connectivity index (χ0) is 17.2. The molecule has 1 N–H and O–H groups in total. The molecule has 0 unspecified atom stereocenters. The Balaban J connectivity index is 1.72. The molecule has 4 rings (SSSR count). The second-order valence-electron chi connectivity index (χ2n) is 6.19. The molecule has 6 heteroatoms. The first-order valence-corrected chi connectivity index (χ1v) is 8.39. The van der Waals surface area contributed by atoms with Crippen molar-refractivity contribution in [1.82, 2.24) is 15.2 Å². The second-order valence-corrected chi connectivity index (χ2v) is 6.19. The lowest BCUT2D eigenvalue weighted by Crippen LogP contribution is -2.27. The van der Waals surface area contributed by atoms with Gasteiger partial charge in [-0.05, 0) is 37.5 Å². The molecule has 1 aromatic carbocycles. The van der Waals surface area contributed by atoms with Crippen molar-refractivity contribution in [1.29, 1.82) is 0 Å². The first-order valence-electron chi connectivity index (χ1n) is 8.39. The van der Waals surface area contributed by atoms with Crippen LogP contribution in [0.1, 0.15) is 19.3 Å². The summed E-state index contributed by atoms with van der Waals surface area (Å²) in [6, 6.07) is 8.41. The number of benzene rings is 1. The average Bonchev–Trinajstić information content (AvgIpc) is 2.63. The monoisotopic (exact) mass is 336 g/mol. The number of anilines is 1. The molecular weight excluding hydrogens is 316 g/mol. The van der Waals surface area contributed by atoms with Crippen LogP contribution >= 0.6 is 0 Å². The number of nitrogens with zero attached hydrogens (tertiary/aromatic N) is 3. The summed E-state index contributed by atoms with van der Waals surface area (Å²) >= 11 is 0. The Bertz CT molecular complexity index is 892. The molecule has 0 bridgehead atoms. The van der Waals surface area contributed by atoms with Crippen molar-refractivity contribution < 1.29 is 9.47 Å². The number of hydrogen-bond acceptors (Lipinski definition) is 6. The molecule has 0 saturated heterocycles. The predicted octanol–water partition coefficient (Wildman–Crippen LogP) is 3.67. The van der Waals surface area contributed by atoms with E-state index in [0.29, 0.717) is 17.5 Å². The third-order valence-electron chi connectivity index (χ3n) is 4.68. The van der Waals surface area contributed by atoms with Gasteiger partial charge in [-0.2, -0.15) is 10.2 Å². The van der Waals surface area contributed by atoms with E-state index < -0.39 is 0 Å². The van der Waals surface area contributed by atoms with E-state index in [4.69, 9.17) is 9.47 Å². The number of fused-ring (bicyclic) bond motifs is 1. The van der Waals surface area contributed by atoms with E-state index >= 15 is 0 Å². The number of nitrogens with one attached hydrogen (secondary N) is 1. The van der Waals surface area contributed by atoms with E-state index in [1.54, 1.807) is 20.4 Å². The zero-order valence-corrected chi connectivity index (χ0v) is 14.3. The van der Waals surface area contributed by atoms with Gasteiger partial charge < -0.3 is 14.8 Å². The summed E-state index contributed by atoms with van der Waals surface area (Å²) in [6.45, 7) is 0. The average molecular weight is 336 g/mol. The van der Waals surface area contributed by atoms with Crippen LogP contribution in [0.4, 0.5) is 5.82 Å². The summed E-state index contributed by atoms with van der Waals surface area (Å²) in [5.74, 6) is 2.22. The lowest BCUT2D eigenvalue weighted by Gasteiger charge is -2.26. The van der Waals surface area contributed by atoms with Crippen LogP contribution in [0.25, 0.3) is 22.0 Å². The minimum absolute atomic E-state index is 0.568. The van der Waals surface area contributed by atoms with Gasteiger partial charge in [-0.3, -0.25) is 0 Å².